The number of carboxylic acids is 1. The van der Waals surface area contributed by atoms with E-state index >= 15 is 0 Å². The van der Waals surface area contributed by atoms with Crippen molar-refractivity contribution >= 4 is 29.2 Å². The molecule has 27 heavy (non-hydrogen) atoms. The van der Waals surface area contributed by atoms with E-state index in [4.69, 9.17) is 26.2 Å². The van der Waals surface area contributed by atoms with E-state index in [1.54, 1.807) is 31.3 Å². The third kappa shape index (κ3) is 5.86. The van der Waals surface area contributed by atoms with Gasteiger partial charge in [0.15, 0.2) is 6.61 Å². The molecule has 1 aromatic carbocycles. The van der Waals surface area contributed by atoms with Crippen LogP contribution in [-0.4, -0.2) is 42.2 Å². The number of nitrogens with zero attached hydrogens (tertiary/aromatic N) is 2. The molecule has 1 aromatic heterocycles. The fourth-order valence-corrected chi connectivity index (χ4v) is 2.34. The van der Waals surface area contributed by atoms with Gasteiger partial charge in [-0.25, -0.2) is 9.78 Å². The van der Waals surface area contributed by atoms with E-state index in [0.29, 0.717) is 35.4 Å². The van der Waals surface area contributed by atoms with E-state index < -0.39 is 12.6 Å². The molecule has 0 aliphatic heterocycles. The van der Waals surface area contributed by atoms with E-state index in [0.717, 1.165) is 0 Å². The summed E-state index contributed by atoms with van der Waals surface area (Å²) in [6.45, 7) is 4.08. The Morgan fingerprint density at radius 2 is 1.89 bits per heavy atom. The first-order valence-corrected chi connectivity index (χ1v) is 8.66. The predicted molar refractivity (Wildman–Crippen MR) is 102 cm³/mol. The van der Waals surface area contributed by atoms with Gasteiger partial charge in [-0.05, 0) is 36.2 Å². The third-order valence-electron chi connectivity index (χ3n) is 3.50. The van der Waals surface area contributed by atoms with Crippen LogP contribution < -0.4 is 14.4 Å². The number of carbonyl (C=O) groups excluding carboxylic acids is 1. The van der Waals surface area contributed by atoms with Gasteiger partial charge >= 0.3 is 5.97 Å². The lowest BCUT2D eigenvalue weighted by Gasteiger charge is -2.18. The van der Waals surface area contributed by atoms with Gasteiger partial charge in [-0.2, -0.15) is 0 Å². The van der Waals surface area contributed by atoms with Crippen LogP contribution in [0, 0.1) is 5.92 Å². The standard InChI is InChI=1S/C19H21ClN2O5/c1-12(2)10-27-18-16(20)8-13(9-21-18)19(25)22(3)14-4-6-15(7-5-14)26-11-17(23)24/h4-9,12H,10-11H2,1-3H3,(H,23,24). The Balaban J connectivity index is 2.08. The highest BCUT2D eigenvalue weighted by Gasteiger charge is 2.16. The van der Waals surface area contributed by atoms with Gasteiger partial charge in [-0.15, -0.1) is 0 Å². The van der Waals surface area contributed by atoms with E-state index in [-0.39, 0.29) is 10.9 Å². The minimum Gasteiger partial charge on any atom is -0.482 e. The summed E-state index contributed by atoms with van der Waals surface area (Å²) < 4.78 is 10.6. The van der Waals surface area contributed by atoms with Crippen molar-refractivity contribution in [2.24, 2.45) is 5.92 Å². The van der Waals surface area contributed by atoms with E-state index in [1.807, 2.05) is 13.8 Å². The molecule has 0 radical (unpaired) electrons. The number of carbonyl (C=O) groups is 2. The van der Waals surface area contributed by atoms with Gasteiger partial charge in [-0.1, -0.05) is 25.4 Å². The number of anilines is 1. The monoisotopic (exact) mass is 392 g/mol. The highest BCUT2D eigenvalue weighted by Crippen LogP contribution is 2.25. The normalized spacial score (nSPS) is 10.6. The number of hydrogen-bond acceptors (Lipinski definition) is 5. The zero-order chi connectivity index (χ0) is 20.0. The number of amides is 1. The average molecular weight is 393 g/mol. The zero-order valence-electron chi connectivity index (χ0n) is 15.3. The number of carboxylic acid groups (broad SMARTS) is 1. The lowest BCUT2D eigenvalue weighted by molar-refractivity contribution is -0.139. The fraction of sp³-hybridized carbons (Fsp3) is 0.316. The van der Waals surface area contributed by atoms with Crippen LogP contribution in [0.15, 0.2) is 36.5 Å². The molecule has 0 aliphatic rings. The summed E-state index contributed by atoms with van der Waals surface area (Å²) in [5.41, 5.74) is 0.935. The fourth-order valence-electron chi connectivity index (χ4n) is 2.12. The molecule has 0 fully saturated rings. The lowest BCUT2D eigenvalue weighted by Crippen LogP contribution is -2.26. The van der Waals surface area contributed by atoms with Crippen LogP contribution in [0.3, 0.4) is 0 Å². The van der Waals surface area contributed by atoms with Crippen LogP contribution >= 0.6 is 11.6 Å². The molecule has 0 bridgehead atoms. The molecule has 0 saturated heterocycles. The van der Waals surface area contributed by atoms with Gasteiger partial charge in [0, 0.05) is 18.9 Å². The van der Waals surface area contributed by atoms with Crippen molar-refractivity contribution in [3.8, 4) is 11.6 Å². The highest BCUT2D eigenvalue weighted by atomic mass is 35.5. The molecule has 1 heterocycles. The zero-order valence-corrected chi connectivity index (χ0v) is 16.1. The smallest absolute Gasteiger partial charge is 0.341 e. The number of aromatic nitrogens is 1. The molecule has 144 valence electrons. The number of ether oxygens (including phenoxy) is 2. The Morgan fingerprint density at radius 1 is 1.22 bits per heavy atom. The van der Waals surface area contributed by atoms with Crippen molar-refractivity contribution < 1.29 is 24.2 Å². The molecule has 0 aliphatic carbocycles. The van der Waals surface area contributed by atoms with Crippen molar-refractivity contribution in [1.29, 1.82) is 0 Å². The minimum atomic E-state index is -1.06. The first kappa shape index (κ1) is 20.5. The molecule has 0 saturated carbocycles. The van der Waals surface area contributed by atoms with Gasteiger partial charge in [-0.3, -0.25) is 4.79 Å². The molecule has 2 aromatic rings. The molecular weight excluding hydrogens is 372 g/mol. The first-order chi connectivity index (χ1) is 12.8. The number of aliphatic carboxylic acids is 1. The topological polar surface area (TPSA) is 89.0 Å². The number of hydrogen-bond donors (Lipinski definition) is 1. The quantitative estimate of drug-likeness (QED) is 0.739. The second kappa shape index (κ2) is 9.23. The Labute approximate surface area is 162 Å². The van der Waals surface area contributed by atoms with Crippen molar-refractivity contribution in [2.75, 3.05) is 25.2 Å². The Hall–Kier alpha value is -2.80. The van der Waals surface area contributed by atoms with E-state index in [2.05, 4.69) is 4.98 Å². The number of pyridine rings is 1. The molecule has 8 heteroatoms. The molecule has 0 unspecified atom stereocenters. The van der Waals surface area contributed by atoms with Gasteiger partial charge in [0.05, 0.1) is 12.2 Å². The summed E-state index contributed by atoms with van der Waals surface area (Å²) in [7, 11) is 1.62. The third-order valence-corrected chi connectivity index (χ3v) is 3.77. The van der Waals surface area contributed by atoms with Crippen LogP contribution in [0.1, 0.15) is 24.2 Å². The summed E-state index contributed by atoms with van der Waals surface area (Å²) in [6.07, 6.45) is 1.42. The Kier molecular flexibility index (Phi) is 7.01. The van der Waals surface area contributed by atoms with Crippen LogP contribution in [0.5, 0.6) is 11.6 Å². The van der Waals surface area contributed by atoms with E-state index in [9.17, 15) is 9.59 Å². The molecule has 1 N–H and O–H groups in total. The van der Waals surface area contributed by atoms with Gasteiger partial charge in [0.25, 0.3) is 5.91 Å². The summed E-state index contributed by atoms with van der Waals surface area (Å²) in [5, 5.41) is 8.89. The van der Waals surface area contributed by atoms with Crippen molar-refractivity contribution in [1.82, 2.24) is 4.98 Å². The Morgan fingerprint density at radius 3 is 2.44 bits per heavy atom. The van der Waals surface area contributed by atoms with Crippen molar-refractivity contribution in [3.05, 3.63) is 47.1 Å². The van der Waals surface area contributed by atoms with E-state index in [1.165, 1.54) is 17.2 Å². The molecule has 1 amide bonds. The van der Waals surface area contributed by atoms with Crippen LogP contribution in [0.2, 0.25) is 5.02 Å². The molecular formula is C19H21ClN2O5. The number of benzene rings is 1. The second-order valence-electron chi connectivity index (χ2n) is 6.26. The molecule has 0 spiro atoms. The summed E-state index contributed by atoms with van der Waals surface area (Å²) in [4.78, 5) is 28.7. The maximum atomic E-state index is 12.7. The van der Waals surface area contributed by atoms with Crippen molar-refractivity contribution in [3.63, 3.8) is 0 Å². The molecule has 2 rings (SSSR count). The maximum Gasteiger partial charge on any atom is 0.341 e. The SMILES string of the molecule is CC(C)COc1ncc(C(=O)N(C)c2ccc(OCC(=O)O)cc2)cc1Cl. The van der Waals surface area contributed by atoms with Crippen LogP contribution in [-0.2, 0) is 4.79 Å². The first-order valence-electron chi connectivity index (χ1n) is 8.29. The van der Waals surface area contributed by atoms with Gasteiger partial charge in [0.2, 0.25) is 5.88 Å². The maximum absolute atomic E-state index is 12.7. The second-order valence-corrected chi connectivity index (χ2v) is 6.66. The minimum absolute atomic E-state index is 0.271. The summed E-state index contributed by atoms with van der Waals surface area (Å²) in [6, 6.07) is 8.02. The summed E-state index contributed by atoms with van der Waals surface area (Å²) >= 11 is 6.17. The highest BCUT2D eigenvalue weighted by molar-refractivity contribution is 6.32. The van der Waals surface area contributed by atoms with Gasteiger partial charge < -0.3 is 19.5 Å². The van der Waals surface area contributed by atoms with Gasteiger partial charge in [0.1, 0.15) is 10.8 Å². The summed E-state index contributed by atoms with van der Waals surface area (Å²) in [5.74, 6) is -0.323. The van der Waals surface area contributed by atoms with Crippen LogP contribution in [0.25, 0.3) is 0 Å². The lowest BCUT2D eigenvalue weighted by atomic mass is 10.2. The van der Waals surface area contributed by atoms with Crippen LogP contribution in [0.4, 0.5) is 5.69 Å². The Bertz CT molecular complexity index is 808. The predicted octanol–water partition coefficient (Wildman–Crippen LogP) is 3.51. The average Bonchev–Trinajstić information content (AvgIpc) is 2.64. The number of halogens is 1. The molecule has 7 nitrogen and oxygen atoms in total. The largest absolute Gasteiger partial charge is 0.482 e. The molecule has 0 atom stereocenters. The number of rotatable bonds is 8. The van der Waals surface area contributed by atoms with Crippen molar-refractivity contribution in [2.45, 2.75) is 13.8 Å².